The third kappa shape index (κ3) is 4.67. The van der Waals surface area contributed by atoms with Crippen LogP contribution in [0.3, 0.4) is 0 Å². The number of hydrogen-bond donors (Lipinski definition) is 1. The van der Waals surface area contributed by atoms with Gasteiger partial charge in [-0.1, -0.05) is 42.8 Å². The smallest absolute Gasteiger partial charge is 0.339 e. The molecule has 0 aliphatic carbocycles. The molecular weight excluding hydrogens is 340 g/mol. The Labute approximate surface area is 159 Å². The molecule has 138 valence electrons. The van der Waals surface area contributed by atoms with Crippen LogP contribution in [0.4, 0.5) is 0 Å². The SMILES string of the molecule is CCCOc1ccc(-c2ccc(C(=O)O)c(Oc3ccc(C)cc3)c2)cc1. The Bertz CT molecular complexity index is 912. The molecule has 3 aromatic carbocycles. The molecule has 0 saturated carbocycles. The van der Waals surface area contributed by atoms with E-state index in [1.807, 2.05) is 55.5 Å². The predicted octanol–water partition coefficient (Wildman–Crippen LogP) is 5.94. The highest BCUT2D eigenvalue weighted by Crippen LogP contribution is 2.32. The van der Waals surface area contributed by atoms with Gasteiger partial charge < -0.3 is 14.6 Å². The predicted molar refractivity (Wildman–Crippen MR) is 106 cm³/mol. The molecule has 0 radical (unpaired) electrons. The van der Waals surface area contributed by atoms with Crippen molar-refractivity contribution < 1.29 is 19.4 Å². The van der Waals surface area contributed by atoms with Crippen LogP contribution in [0.5, 0.6) is 17.2 Å². The van der Waals surface area contributed by atoms with Gasteiger partial charge in [0.1, 0.15) is 22.8 Å². The van der Waals surface area contributed by atoms with Gasteiger partial charge in [0, 0.05) is 0 Å². The first kappa shape index (κ1) is 18.5. The van der Waals surface area contributed by atoms with Gasteiger partial charge in [-0.2, -0.15) is 0 Å². The minimum absolute atomic E-state index is 0.127. The van der Waals surface area contributed by atoms with Gasteiger partial charge >= 0.3 is 5.97 Å². The fourth-order valence-electron chi connectivity index (χ4n) is 2.66. The number of carbonyl (C=O) groups is 1. The van der Waals surface area contributed by atoms with Crippen molar-refractivity contribution in [3.8, 4) is 28.4 Å². The molecule has 27 heavy (non-hydrogen) atoms. The molecule has 0 aliphatic heterocycles. The highest BCUT2D eigenvalue weighted by atomic mass is 16.5. The van der Waals surface area contributed by atoms with E-state index in [1.165, 1.54) is 0 Å². The van der Waals surface area contributed by atoms with Gasteiger partial charge in [0.05, 0.1) is 6.61 Å². The van der Waals surface area contributed by atoms with Crippen LogP contribution in [0.2, 0.25) is 0 Å². The van der Waals surface area contributed by atoms with Crippen molar-refractivity contribution in [2.24, 2.45) is 0 Å². The third-order valence-corrected chi connectivity index (χ3v) is 4.12. The van der Waals surface area contributed by atoms with Gasteiger partial charge in [-0.15, -0.1) is 0 Å². The summed E-state index contributed by atoms with van der Waals surface area (Å²) in [5.41, 5.74) is 3.08. The molecule has 0 aliphatic rings. The normalized spacial score (nSPS) is 10.4. The van der Waals surface area contributed by atoms with Crippen molar-refractivity contribution in [3.05, 3.63) is 77.9 Å². The number of carboxylic acid groups (broad SMARTS) is 1. The number of hydrogen-bond acceptors (Lipinski definition) is 3. The molecule has 0 bridgehead atoms. The molecule has 0 aromatic heterocycles. The zero-order valence-electron chi connectivity index (χ0n) is 15.4. The highest BCUT2D eigenvalue weighted by molar-refractivity contribution is 5.92. The minimum atomic E-state index is -1.02. The van der Waals surface area contributed by atoms with Crippen molar-refractivity contribution >= 4 is 5.97 Å². The average Bonchev–Trinajstić information content (AvgIpc) is 2.68. The summed E-state index contributed by atoms with van der Waals surface area (Å²) in [5.74, 6) is 0.713. The Hall–Kier alpha value is -3.27. The largest absolute Gasteiger partial charge is 0.494 e. The number of aromatic carboxylic acids is 1. The lowest BCUT2D eigenvalue weighted by Gasteiger charge is -2.12. The second-order valence-electron chi connectivity index (χ2n) is 6.30. The maximum atomic E-state index is 11.6. The second-order valence-corrected chi connectivity index (χ2v) is 6.30. The molecule has 4 nitrogen and oxygen atoms in total. The summed E-state index contributed by atoms with van der Waals surface area (Å²) in [5, 5.41) is 9.47. The van der Waals surface area contributed by atoms with Crippen molar-refractivity contribution in [2.75, 3.05) is 6.61 Å². The van der Waals surface area contributed by atoms with E-state index in [2.05, 4.69) is 6.92 Å². The molecule has 3 rings (SSSR count). The van der Waals surface area contributed by atoms with Gasteiger partial charge in [0.25, 0.3) is 0 Å². The van der Waals surface area contributed by atoms with Gasteiger partial charge in [0.2, 0.25) is 0 Å². The quantitative estimate of drug-likeness (QED) is 0.565. The summed E-state index contributed by atoms with van der Waals surface area (Å²) in [4.78, 5) is 11.6. The van der Waals surface area contributed by atoms with E-state index in [4.69, 9.17) is 9.47 Å². The maximum absolute atomic E-state index is 11.6. The van der Waals surface area contributed by atoms with E-state index < -0.39 is 5.97 Å². The first-order chi connectivity index (χ1) is 13.1. The van der Waals surface area contributed by atoms with Crippen molar-refractivity contribution in [1.29, 1.82) is 0 Å². The Morgan fingerprint density at radius 2 is 1.52 bits per heavy atom. The number of benzene rings is 3. The minimum Gasteiger partial charge on any atom is -0.494 e. The molecule has 0 saturated heterocycles. The summed E-state index contributed by atoms with van der Waals surface area (Å²) in [6.45, 7) is 4.73. The average molecular weight is 362 g/mol. The Morgan fingerprint density at radius 1 is 0.889 bits per heavy atom. The number of rotatable bonds is 7. The summed E-state index contributed by atoms with van der Waals surface area (Å²) in [6.07, 6.45) is 0.956. The lowest BCUT2D eigenvalue weighted by molar-refractivity contribution is 0.0694. The zero-order chi connectivity index (χ0) is 19.2. The Morgan fingerprint density at radius 3 is 2.15 bits per heavy atom. The standard InChI is InChI=1S/C23H22O4/c1-3-14-26-19-11-6-17(7-12-19)18-8-13-21(23(24)25)22(15-18)27-20-9-4-16(2)5-10-20/h4-13,15H,3,14H2,1-2H3,(H,24,25). The fourth-order valence-corrected chi connectivity index (χ4v) is 2.66. The Balaban J connectivity index is 1.90. The summed E-state index contributed by atoms with van der Waals surface area (Å²) in [7, 11) is 0. The second kappa shape index (κ2) is 8.41. The molecule has 3 aromatic rings. The highest BCUT2D eigenvalue weighted by Gasteiger charge is 2.14. The fraction of sp³-hybridized carbons (Fsp3) is 0.174. The first-order valence-electron chi connectivity index (χ1n) is 8.92. The van der Waals surface area contributed by atoms with E-state index >= 15 is 0 Å². The van der Waals surface area contributed by atoms with E-state index in [9.17, 15) is 9.90 Å². The summed E-state index contributed by atoms with van der Waals surface area (Å²) in [6, 6.07) is 20.4. The molecule has 4 heteroatoms. The molecule has 0 spiro atoms. The molecule has 0 heterocycles. The number of carboxylic acids is 1. The molecule has 0 unspecified atom stereocenters. The van der Waals surface area contributed by atoms with E-state index in [0.717, 1.165) is 28.9 Å². The van der Waals surface area contributed by atoms with Crippen LogP contribution in [0, 0.1) is 6.92 Å². The van der Waals surface area contributed by atoms with Gasteiger partial charge in [-0.25, -0.2) is 4.79 Å². The molecule has 0 fully saturated rings. The first-order valence-corrected chi connectivity index (χ1v) is 8.92. The van der Waals surface area contributed by atoms with Gasteiger partial charge in [0.15, 0.2) is 0 Å². The van der Waals surface area contributed by atoms with Crippen LogP contribution in [0.25, 0.3) is 11.1 Å². The van der Waals surface area contributed by atoms with Gasteiger partial charge in [-0.05, 0) is 60.9 Å². The molecule has 0 atom stereocenters. The van der Waals surface area contributed by atoms with Crippen LogP contribution >= 0.6 is 0 Å². The molecule has 0 amide bonds. The summed E-state index contributed by atoms with van der Waals surface area (Å²) >= 11 is 0. The van der Waals surface area contributed by atoms with Crippen LogP contribution in [-0.4, -0.2) is 17.7 Å². The van der Waals surface area contributed by atoms with Crippen LogP contribution in [0.1, 0.15) is 29.3 Å². The van der Waals surface area contributed by atoms with Crippen molar-refractivity contribution in [1.82, 2.24) is 0 Å². The monoisotopic (exact) mass is 362 g/mol. The Kier molecular flexibility index (Phi) is 5.77. The zero-order valence-corrected chi connectivity index (χ0v) is 15.4. The third-order valence-electron chi connectivity index (χ3n) is 4.12. The van der Waals surface area contributed by atoms with E-state index in [1.54, 1.807) is 18.2 Å². The van der Waals surface area contributed by atoms with Crippen molar-refractivity contribution in [3.63, 3.8) is 0 Å². The lowest BCUT2D eigenvalue weighted by atomic mass is 10.0. The lowest BCUT2D eigenvalue weighted by Crippen LogP contribution is -2.00. The molecule has 1 N–H and O–H groups in total. The topological polar surface area (TPSA) is 55.8 Å². The van der Waals surface area contributed by atoms with E-state index in [-0.39, 0.29) is 5.56 Å². The van der Waals surface area contributed by atoms with Crippen molar-refractivity contribution in [2.45, 2.75) is 20.3 Å². The van der Waals surface area contributed by atoms with Crippen LogP contribution in [-0.2, 0) is 0 Å². The summed E-state index contributed by atoms with van der Waals surface area (Å²) < 4.78 is 11.5. The maximum Gasteiger partial charge on any atom is 0.339 e. The molecular formula is C23H22O4. The van der Waals surface area contributed by atoms with Crippen LogP contribution in [0.15, 0.2) is 66.7 Å². The number of ether oxygens (including phenoxy) is 2. The van der Waals surface area contributed by atoms with E-state index in [0.29, 0.717) is 18.1 Å². The number of aryl methyl sites for hydroxylation is 1. The van der Waals surface area contributed by atoms with Gasteiger partial charge in [-0.3, -0.25) is 0 Å². The van der Waals surface area contributed by atoms with Crippen LogP contribution < -0.4 is 9.47 Å².